The van der Waals surface area contributed by atoms with Crippen LogP contribution in [-0.4, -0.2) is 22.1 Å². The average Bonchev–Trinajstić information content (AvgIpc) is 2.76. The van der Waals surface area contributed by atoms with Crippen molar-refractivity contribution in [1.82, 2.24) is 9.78 Å². The topological polar surface area (TPSA) is 56.2 Å². The Bertz CT molecular complexity index is 664. The SMILES string of the molecule is Cc1nn(CCC(=O)Nc2ccc(OC(F)(F)F)cc2)cc1I. The number of halogens is 4. The number of rotatable bonds is 5. The van der Waals surface area contributed by atoms with Crippen molar-refractivity contribution in [3.8, 4) is 5.75 Å². The molecule has 1 aromatic carbocycles. The maximum absolute atomic E-state index is 12.0. The van der Waals surface area contributed by atoms with E-state index in [9.17, 15) is 18.0 Å². The van der Waals surface area contributed by atoms with Gasteiger partial charge in [0.2, 0.25) is 5.91 Å². The molecular weight excluding hydrogens is 426 g/mol. The van der Waals surface area contributed by atoms with E-state index in [0.29, 0.717) is 12.2 Å². The number of ether oxygens (including phenoxy) is 1. The molecule has 0 saturated carbocycles. The summed E-state index contributed by atoms with van der Waals surface area (Å²) in [6.07, 6.45) is -2.69. The third kappa shape index (κ3) is 5.73. The summed E-state index contributed by atoms with van der Waals surface area (Å²) < 4.78 is 42.6. The van der Waals surface area contributed by atoms with Crippen molar-refractivity contribution < 1.29 is 22.7 Å². The van der Waals surface area contributed by atoms with Gasteiger partial charge in [0, 0.05) is 24.8 Å². The van der Waals surface area contributed by atoms with Crippen LogP contribution < -0.4 is 10.1 Å². The number of alkyl halides is 3. The van der Waals surface area contributed by atoms with Gasteiger partial charge >= 0.3 is 6.36 Å². The monoisotopic (exact) mass is 439 g/mol. The van der Waals surface area contributed by atoms with E-state index in [1.807, 2.05) is 13.1 Å². The second-order valence-electron chi connectivity index (χ2n) is 4.70. The second kappa shape index (κ2) is 7.20. The van der Waals surface area contributed by atoms with Crippen LogP contribution in [0.2, 0.25) is 0 Å². The standard InChI is InChI=1S/C14H13F3IN3O2/c1-9-12(18)8-21(20-9)7-6-13(22)19-10-2-4-11(5-3-10)23-14(15,16)17/h2-5,8H,6-7H2,1H3,(H,19,22). The van der Waals surface area contributed by atoms with Crippen LogP contribution in [0.3, 0.4) is 0 Å². The molecule has 1 N–H and O–H groups in total. The van der Waals surface area contributed by atoms with Crippen LogP contribution in [0.4, 0.5) is 18.9 Å². The van der Waals surface area contributed by atoms with Crippen molar-refractivity contribution in [1.29, 1.82) is 0 Å². The lowest BCUT2D eigenvalue weighted by molar-refractivity contribution is -0.274. The number of anilines is 1. The van der Waals surface area contributed by atoms with E-state index in [2.05, 4.69) is 37.7 Å². The molecule has 0 bridgehead atoms. The highest BCUT2D eigenvalue weighted by Gasteiger charge is 2.30. The van der Waals surface area contributed by atoms with Crippen LogP contribution in [-0.2, 0) is 11.3 Å². The number of nitrogens with zero attached hydrogens (tertiary/aromatic N) is 2. The van der Waals surface area contributed by atoms with E-state index >= 15 is 0 Å². The molecule has 1 aromatic heterocycles. The highest BCUT2D eigenvalue weighted by atomic mass is 127. The first-order valence-electron chi connectivity index (χ1n) is 6.58. The zero-order chi connectivity index (χ0) is 17.0. The van der Waals surface area contributed by atoms with Crippen LogP contribution in [0.1, 0.15) is 12.1 Å². The fourth-order valence-corrected chi connectivity index (χ4v) is 2.22. The Morgan fingerprint density at radius 1 is 1.35 bits per heavy atom. The third-order valence-corrected chi connectivity index (χ3v) is 3.89. The Morgan fingerprint density at radius 3 is 2.52 bits per heavy atom. The average molecular weight is 439 g/mol. The molecule has 1 heterocycles. The second-order valence-corrected chi connectivity index (χ2v) is 5.86. The van der Waals surface area contributed by atoms with Gasteiger partial charge in [-0.1, -0.05) is 0 Å². The van der Waals surface area contributed by atoms with Crippen molar-refractivity contribution >= 4 is 34.2 Å². The minimum absolute atomic E-state index is 0.206. The highest BCUT2D eigenvalue weighted by Crippen LogP contribution is 2.24. The molecule has 5 nitrogen and oxygen atoms in total. The van der Waals surface area contributed by atoms with E-state index < -0.39 is 6.36 Å². The van der Waals surface area contributed by atoms with E-state index in [1.165, 1.54) is 12.1 Å². The minimum atomic E-state index is -4.73. The molecular formula is C14H13F3IN3O2. The summed E-state index contributed by atoms with van der Waals surface area (Å²) in [4.78, 5) is 11.8. The van der Waals surface area contributed by atoms with Crippen molar-refractivity contribution in [2.75, 3.05) is 5.32 Å². The molecule has 0 fully saturated rings. The molecule has 0 saturated heterocycles. The Kier molecular flexibility index (Phi) is 5.50. The summed E-state index contributed by atoms with van der Waals surface area (Å²) in [6, 6.07) is 4.98. The molecule has 23 heavy (non-hydrogen) atoms. The van der Waals surface area contributed by atoms with Gasteiger partial charge in [-0.3, -0.25) is 9.48 Å². The predicted molar refractivity (Wildman–Crippen MR) is 86.1 cm³/mol. The van der Waals surface area contributed by atoms with Gasteiger partial charge in [0.1, 0.15) is 5.75 Å². The molecule has 0 aliphatic rings. The summed E-state index contributed by atoms with van der Waals surface area (Å²) in [6.45, 7) is 2.30. The summed E-state index contributed by atoms with van der Waals surface area (Å²) in [5, 5.41) is 6.85. The van der Waals surface area contributed by atoms with E-state index in [0.717, 1.165) is 21.4 Å². The van der Waals surface area contributed by atoms with Crippen LogP contribution in [0.5, 0.6) is 5.75 Å². The number of carbonyl (C=O) groups excluding carboxylic acids is 1. The molecule has 1 amide bonds. The third-order valence-electron chi connectivity index (χ3n) is 2.83. The number of nitrogens with one attached hydrogen (secondary N) is 1. The van der Waals surface area contributed by atoms with Crippen molar-refractivity contribution in [2.24, 2.45) is 0 Å². The minimum Gasteiger partial charge on any atom is -0.406 e. The van der Waals surface area contributed by atoms with Crippen LogP contribution in [0.25, 0.3) is 0 Å². The molecule has 0 spiro atoms. The molecule has 0 atom stereocenters. The Balaban J connectivity index is 1.85. The van der Waals surface area contributed by atoms with Gasteiger partial charge in [-0.15, -0.1) is 13.2 Å². The number of carbonyl (C=O) groups is 1. The van der Waals surface area contributed by atoms with Gasteiger partial charge in [-0.2, -0.15) is 5.10 Å². The lowest BCUT2D eigenvalue weighted by Gasteiger charge is -2.10. The quantitative estimate of drug-likeness (QED) is 0.723. The van der Waals surface area contributed by atoms with Gasteiger partial charge in [0.15, 0.2) is 0 Å². The van der Waals surface area contributed by atoms with Crippen molar-refractivity contribution in [3.63, 3.8) is 0 Å². The first kappa shape index (κ1) is 17.6. The van der Waals surface area contributed by atoms with Gasteiger partial charge in [0.25, 0.3) is 0 Å². The Labute approximate surface area is 144 Å². The van der Waals surface area contributed by atoms with Crippen molar-refractivity contribution in [2.45, 2.75) is 26.3 Å². The van der Waals surface area contributed by atoms with Crippen molar-refractivity contribution in [3.05, 3.63) is 39.7 Å². The fourth-order valence-electron chi connectivity index (χ4n) is 1.79. The summed E-state index contributed by atoms with van der Waals surface area (Å²) in [5.41, 5.74) is 1.29. The maximum Gasteiger partial charge on any atom is 0.573 e. The lowest BCUT2D eigenvalue weighted by atomic mass is 10.3. The van der Waals surface area contributed by atoms with Crippen LogP contribution in [0, 0.1) is 10.5 Å². The van der Waals surface area contributed by atoms with Gasteiger partial charge in [-0.25, -0.2) is 0 Å². The zero-order valence-corrected chi connectivity index (χ0v) is 14.2. The Morgan fingerprint density at radius 2 is 2.00 bits per heavy atom. The maximum atomic E-state index is 12.0. The lowest BCUT2D eigenvalue weighted by Crippen LogP contribution is -2.17. The first-order chi connectivity index (χ1) is 10.7. The van der Waals surface area contributed by atoms with Gasteiger partial charge in [0.05, 0.1) is 9.26 Å². The van der Waals surface area contributed by atoms with E-state index in [4.69, 9.17) is 0 Å². The number of hydrogen-bond acceptors (Lipinski definition) is 3. The van der Waals surface area contributed by atoms with Gasteiger partial charge in [-0.05, 0) is 53.8 Å². The normalized spacial score (nSPS) is 11.3. The molecule has 2 rings (SSSR count). The predicted octanol–water partition coefficient (Wildman–Crippen LogP) is 3.72. The molecule has 124 valence electrons. The van der Waals surface area contributed by atoms with E-state index in [-0.39, 0.29) is 18.1 Å². The molecule has 9 heteroatoms. The molecule has 2 aromatic rings. The number of benzene rings is 1. The summed E-state index contributed by atoms with van der Waals surface area (Å²) >= 11 is 2.16. The number of hydrogen-bond donors (Lipinski definition) is 1. The van der Waals surface area contributed by atoms with Gasteiger partial charge < -0.3 is 10.1 Å². The highest BCUT2D eigenvalue weighted by molar-refractivity contribution is 14.1. The number of aromatic nitrogens is 2. The number of amides is 1. The summed E-state index contributed by atoms with van der Waals surface area (Å²) in [7, 11) is 0. The molecule has 0 unspecified atom stereocenters. The summed E-state index contributed by atoms with van der Waals surface area (Å²) in [5.74, 6) is -0.588. The molecule has 0 aliphatic carbocycles. The first-order valence-corrected chi connectivity index (χ1v) is 7.66. The number of aryl methyl sites for hydroxylation is 2. The van der Waals surface area contributed by atoms with E-state index in [1.54, 1.807) is 4.68 Å². The molecule has 0 aliphatic heterocycles. The fraction of sp³-hybridized carbons (Fsp3) is 0.286. The van der Waals surface area contributed by atoms with Crippen LogP contribution >= 0.6 is 22.6 Å². The van der Waals surface area contributed by atoms with Crippen LogP contribution in [0.15, 0.2) is 30.5 Å². The smallest absolute Gasteiger partial charge is 0.406 e. The zero-order valence-electron chi connectivity index (χ0n) is 12.0. The molecule has 0 radical (unpaired) electrons. The Hall–Kier alpha value is -1.78. The largest absolute Gasteiger partial charge is 0.573 e.